The third-order valence-corrected chi connectivity index (χ3v) is 4.64. The molecule has 2 heterocycles. The maximum atomic E-state index is 13.6. The van der Waals surface area contributed by atoms with Gasteiger partial charge in [-0.05, 0) is 48.2 Å². The highest BCUT2D eigenvalue weighted by atomic mass is 19.1. The number of halogens is 1. The molecule has 0 saturated heterocycles. The van der Waals surface area contributed by atoms with Crippen LogP contribution in [0.3, 0.4) is 0 Å². The van der Waals surface area contributed by atoms with E-state index in [1.54, 1.807) is 24.4 Å². The topological polar surface area (TPSA) is 17.0 Å². The van der Waals surface area contributed by atoms with E-state index in [4.69, 9.17) is 9.90 Å². The number of aryl methyl sites for hydroxylation is 2. The van der Waals surface area contributed by atoms with E-state index in [1.165, 1.54) is 19.1 Å². The summed E-state index contributed by atoms with van der Waals surface area (Å²) in [6.07, 6.45) is 1.77. The number of furan rings is 1. The molecule has 0 N–H and O–H groups in total. The predicted molar refractivity (Wildman–Crippen MR) is 99.1 cm³/mol. The lowest BCUT2D eigenvalue weighted by atomic mass is 9.97. The van der Waals surface area contributed by atoms with Gasteiger partial charge in [0.2, 0.25) is 5.69 Å². The molecule has 0 amide bonds. The van der Waals surface area contributed by atoms with Gasteiger partial charge in [0.05, 0.1) is 0 Å². The number of hydrogen-bond donors (Lipinski definition) is 0. The minimum absolute atomic E-state index is 0.355. The van der Waals surface area contributed by atoms with Crippen molar-refractivity contribution in [2.24, 2.45) is 7.05 Å². The van der Waals surface area contributed by atoms with Crippen LogP contribution < -0.4 is 4.57 Å². The van der Waals surface area contributed by atoms with Crippen molar-refractivity contribution in [2.75, 3.05) is 0 Å². The first-order valence-corrected chi connectivity index (χ1v) is 8.12. The number of aromatic nitrogens is 1. The Balaban J connectivity index is 1.96. The second kappa shape index (κ2) is 5.69. The molecule has 1 atom stereocenters. The van der Waals surface area contributed by atoms with Crippen LogP contribution in [0.5, 0.6) is 0 Å². The van der Waals surface area contributed by atoms with Gasteiger partial charge in [0.25, 0.3) is 0 Å². The van der Waals surface area contributed by atoms with E-state index >= 15 is 0 Å². The van der Waals surface area contributed by atoms with Crippen LogP contribution >= 0.6 is 0 Å². The van der Waals surface area contributed by atoms with Gasteiger partial charge in [0, 0.05) is 40.0 Å². The minimum atomic E-state index is -2.45. The molecule has 0 spiro atoms. The Morgan fingerprint density at radius 1 is 1.12 bits per heavy atom. The minimum Gasteiger partial charge on any atom is -0.456 e. The van der Waals surface area contributed by atoms with E-state index in [0.717, 1.165) is 27.6 Å². The van der Waals surface area contributed by atoms with Gasteiger partial charge in [0.15, 0.2) is 6.20 Å². The second-order valence-corrected chi connectivity index (χ2v) is 6.44. The third-order valence-electron chi connectivity index (χ3n) is 4.64. The summed E-state index contributed by atoms with van der Waals surface area (Å²) in [6.45, 7) is 0.903. The van der Waals surface area contributed by atoms with Gasteiger partial charge >= 0.3 is 0 Å². The molecule has 2 nitrogen and oxygen atoms in total. The first-order valence-electron chi connectivity index (χ1n) is 10.1. The highest BCUT2D eigenvalue weighted by Gasteiger charge is 2.18. The van der Waals surface area contributed by atoms with Crippen LogP contribution in [0.15, 0.2) is 53.1 Å². The molecule has 0 aliphatic rings. The van der Waals surface area contributed by atoms with Crippen LogP contribution in [0, 0.1) is 12.7 Å². The Kier molecular flexibility index (Phi) is 2.69. The van der Waals surface area contributed by atoms with Gasteiger partial charge in [-0.2, -0.15) is 0 Å². The lowest BCUT2D eigenvalue weighted by Crippen LogP contribution is -2.30. The molecule has 25 heavy (non-hydrogen) atoms. The lowest BCUT2D eigenvalue weighted by Gasteiger charge is -2.09. The highest BCUT2D eigenvalue weighted by molar-refractivity contribution is 6.06. The quantitative estimate of drug-likeness (QED) is 0.432. The van der Waals surface area contributed by atoms with Gasteiger partial charge in [-0.1, -0.05) is 13.8 Å². The fourth-order valence-electron chi connectivity index (χ4n) is 3.24. The molecule has 126 valence electrons. The highest BCUT2D eigenvalue weighted by Crippen LogP contribution is 2.34. The van der Waals surface area contributed by atoms with Crippen LogP contribution in [0.4, 0.5) is 4.39 Å². The van der Waals surface area contributed by atoms with Crippen molar-refractivity contribution < 1.29 is 18.9 Å². The number of rotatable bonds is 2. The maximum absolute atomic E-state index is 13.6. The van der Waals surface area contributed by atoms with Crippen molar-refractivity contribution in [3.63, 3.8) is 0 Å². The summed E-state index contributed by atoms with van der Waals surface area (Å²) in [4.78, 5) is 0. The van der Waals surface area contributed by atoms with E-state index in [0.29, 0.717) is 16.7 Å². The van der Waals surface area contributed by atoms with Gasteiger partial charge in [-0.3, -0.25) is 0 Å². The summed E-state index contributed by atoms with van der Waals surface area (Å²) in [5.41, 5.74) is 4.19. The molecule has 0 bridgehead atoms. The van der Waals surface area contributed by atoms with E-state index in [9.17, 15) is 4.39 Å². The fourth-order valence-corrected chi connectivity index (χ4v) is 3.24. The number of pyridine rings is 1. The molecule has 0 aliphatic carbocycles. The molecular formula is C22H21FNO+. The van der Waals surface area contributed by atoms with E-state index in [-0.39, 0.29) is 5.82 Å². The molecule has 3 heteroatoms. The Hall–Kier alpha value is -2.68. The average molecular weight is 338 g/mol. The first-order chi connectivity index (χ1) is 13.5. The van der Waals surface area contributed by atoms with Crippen molar-refractivity contribution >= 4 is 21.9 Å². The van der Waals surface area contributed by atoms with E-state index in [2.05, 4.69) is 0 Å². The molecule has 4 rings (SSSR count). The van der Waals surface area contributed by atoms with Crippen LogP contribution in [-0.4, -0.2) is 0 Å². The summed E-state index contributed by atoms with van der Waals surface area (Å²) in [7, 11) is 1.88. The summed E-state index contributed by atoms with van der Waals surface area (Å²) in [5.74, 6) is -2.08. The first kappa shape index (κ1) is 11.8. The number of fused-ring (bicyclic) bond motifs is 3. The Labute approximate surface area is 152 Å². The molecule has 4 aromatic rings. The molecule has 0 aliphatic heterocycles. The Bertz CT molecular complexity index is 1260. The summed E-state index contributed by atoms with van der Waals surface area (Å²) >= 11 is 0. The van der Waals surface area contributed by atoms with Crippen molar-refractivity contribution in [1.82, 2.24) is 0 Å². The third kappa shape index (κ3) is 2.60. The van der Waals surface area contributed by atoms with E-state index < -0.39 is 12.7 Å². The summed E-state index contributed by atoms with van der Waals surface area (Å²) < 4.78 is 52.9. The normalized spacial score (nSPS) is 17.0. The zero-order valence-electron chi connectivity index (χ0n) is 18.4. The molecule has 2 aromatic carbocycles. The van der Waals surface area contributed by atoms with Crippen LogP contribution in [0.2, 0.25) is 0 Å². The van der Waals surface area contributed by atoms with Crippen LogP contribution in [0.25, 0.3) is 33.2 Å². The molecule has 0 radical (unpaired) electrons. The monoisotopic (exact) mass is 338 g/mol. The van der Waals surface area contributed by atoms with Crippen molar-refractivity contribution in [3.05, 3.63) is 65.6 Å². The molecule has 0 saturated carbocycles. The smallest absolute Gasteiger partial charge is 0.212 e. The van der Waals surface area contributed by atoms with Crippen molar-refractivity contribution in [3.8, 4) is 11.3 Å². The SMILES string of the molecule is [2H]C([2H])([2H])C([2H])(C)c1cc[n+](C)c(-c2cc3c(cc2C)oc2cc(F)ccc23)c1. The van der Waals surface area contributed by atoms with Crippen LogP contribution in [0.1, 0.15) is 36.3 Å². The summed E-state index contributed by atoms with van der Waals surface area (Å²) in [5, 5.41) is 1.67. The fraction of sp³-hybridized carbons (Fsp3) is 0.227. The van der Waals surface area contributed by atoms with Crippen molar-refractivity contribution in [1.29, 1.82) is 0 Å². The van der Waals surface area contributed by atoms with Gasteiger partial charge < -0.3 is 4.42 Å². The van der Waals surface area contributed by atoms with Crippen LogP contribution in [-0.2, 0) is 7.05 Å². The number of nitrogens with zero attached hydrogens (tertiary/aromatic N) is 1. The van der Waals surface area contributed by atoms with Gasteiger partial charge in [-0.25, -0.2) is 8.96 Å². The second-order valence-electron chi connectivity index (χ2n) is 6.44. The lowest BCUT2D eigenvalue weighted by molar-refractivity contribution is -0.660. The maximum Gasteiger partial charge on any atom is 0.212 e. The average Bonchev–Trinajstić information content (AvgIpc) is 2.96. The van der Waals surface area contributed by atoms with Gasteiger partial charge in [0.1, 0.15) is 24.0 Å². The summed E-state index contributed by atoms with van der Waals surface area (Å²) in [6, 6.07) is 11.8. The molecule has 2 aromatic heterocycles. The zero-order valence-corrected chi connectivity index (χ0v) is 14.4. The Morgan fingerprint density at radius 2 is 1.92 bits per heavy atom. The number of benzene rings is 2. The van der Waals surface area contributed by atoms with Gasteiger partial charge in [-0.15, -0.1) is 0 Å². The number of hydrogen-bond acceptors (Lipinski definition) is 1. The molecule has 0 fully saturated rings. The largest absolute Gasteiger partial charge is 0.456 e. The van der Waals surface area contributed by atoms with E-state index in [1.807, 2.05) is 30.7 Å². The van der Waals surface area contributed by atoms with Crippen molar-refractivity contribution in [2.45, 2.75) is 26.6 Å². The molecule has 1 unspecified atom stereocenters. The Morgan fingerprint density at radius 3 is 2.72 bits per heavy atom. The predicted octanol–water partition coefficient (Wildman–Crippen LogP) is 5.65. The zero-order chi connectivity index (χ0) is 21.1. The molecular weight excluding hydrogens is 313 g/mol. The standard InChI is InChI=1S/C22H21FNO/c1-13(2)15-7-8-24(4)20(10-15)18-12-19-17-6-5-16(23)11-22(17)25-21(19)9-14(18)3/h5-13H,1-4H3/q+1/i1D3,13D.